The van der Waals surface area contributed by atoms with Gasteiger partial charge in [-0.15, -0.1) is 0 Å². The van der Waals surface area contributed by atoms with E-state index in [0.717, 1.165) is 22.8 Å². The van der Waals surface area contributed by atoms with Crippen LogP contribution in [0.15, 0.2) is 30.6 Å². The molecule has 3 heteroatoms. The number of aromatic nitrogens is 1. The van der Waals surface area contributed by atoms with Gasteiger partial charge in [0.25, 0.3) is 0 Å². The smallest absolute Gasteiger partial charge is 0.123 e. The van der Waals surface area contributed by atoms with Crippen LogP contribution in [-0.2, 0) is 0 Å². The topological polar surface area (TPSA) is 59.1 Å². The van der Waals surface area contributed by atoms with Gasteiger partial charge in [-0.2, -0.15) is 0 Å². The molecule has 2 aromatic rings. The first-order valence-electron chi connectivity index (χ1n) is 5.05. The van der Waals surface area contributed by atoms with Crippen LogP contribution >= 0.6 is 0 Å². The number of phenolic OH excluding ortho intramolecular Hbond substituents is 1. The van der Waals surface area contributed by atoms with E-state index in [4.69, 9.17) is 5.73 Å². The van der Waals surface area contributed by atoms with Crippen molar-refractivity contribution in [1.82, 2.24) is 4.98 Å². The van der Waals surface area contributed by atoms with Gasteiger partial charge < -0.3 is 10.8 Å². The fourth-order valence-corrected chi connectivity index (χ4v) is 1.74. The zero-order valence-electron chi connectivity index (χ0n) is 8.64. The lowest BCUT2D eigenvalue weighted by atomic mass is 9.99. The maximum Gasteiger partial charge on any atom is 0.123 e. The van der Waals surface area contributed by atoms with Crippen molar-refractivity contribution in [2.24, 2.45) is 5.73 Å². The minimum absolute atomic E-state index is 0.00250. The molecule has 0 amide bonds. The van der Waals surface area contributed by atoms with Gasteiger partial charge in [0.2, 0.25) is 0 Å². The van der Waals surface area contributed by atoms with Crippen LogP contribution in [0.3, 0.4) is 0 Å². The lowest BCUT2D eigenvalue weighted by Crippen LogP contribution is -2.09. The van der Waals surface area contributed by atoms with Crippen LogP contribution in [0.5, 0.6) is 5.75 Å². The van der Waals surface area contributed by atoms with Gasteiger partial charge in [-0.25, -0.2) is 0 Å². The van der Waals surface area contributed by atoms with Gasteiger partial charge in [0.05, 0.1) is 0 Å². The average Bonchev–Trinajstić information content (AvgIpc) is 2.29. The summed E-state index contributed by atoms with van der Waals surface area (Å²) in [6, 6.07) is 5.36. The van der Waals surface area contributed by atoms with Gasteiger partial charge in [0.15, 0.2) is 0 Å². The molecule has 0 spiro atoms. The highest BCUT2D eigenvalue weighted by atomic mass is 16.3. The zero-order chi connectivity index (χ0) is 10.8. The van der Waals surface area contributed by atoms with E-state index in [2.05, 4.69) is 4.98 Å². The Morgan fingerprint density at radius 3 is 2.87 bits per heavy atom. The second-order valence-electron chi connectivity index (χ2n) is 3.61. The molecule has 1 unspecified atom stereocenters. The molecular weight excluding hydrogens is 188 g/mol. The van der Waals surface area contributed by atoms with E-state index in [1.165, 1.54) is 0 Å². The molecule has 0 radical (unpaired) electrons. The molecule has 3 N–H and O–H groups in total. The summed E-state index contributed by atoms with van der Waals surface area (Å²) in [7, 11) is 0. The number of hydrogen-bond acceptors (Lipinski definition) is 3. The number of benzene rings is 1. The van der Waals surface area contributed by atoms with Crippen LogP contribution in [-0.4, -0.2) is 10.1 Å². The molecule has 0 aliphatic carbocycles. The van der Waals surface area contributed by atoms with Crippen molar-refractivity contribution in [2.75, 3.05) is 0 Å². The van der Waals surface area contributed by atoms with Crippen LogP contribution in [0, 0.1) is 0 Å². The van der Waals surface area contributed by atoms with Gasteiger partial charge >= 0.3 is 0 Å². The summed E-state index contributed by atoms with van der Waals surface area (Å²) < 4.78 is 0. The molecule has 0 saturated heterocycles. The number of phenols is 1. The summed E-state index contributed by atoms with van der Waals surface area (Å²) >= 11 is 0. The summed E-state index contributed by atoms with van der Waals surface area (Å²) in [5.74, 6) is 0.277. The molecule has 0 aliphatic rings. The quantitative estimate of drug-likeness (QED) is 0.785. The average molecular weight is 202 g/mol. The Kier molecular flexibility index (Phi) is 2.56. The number of rotatable bonds is 2. The third-order valence-electron chi connectivity index (χ3n) is 2.67. The number of pyridine rings is 1. The fourth-order valence-electron chi connectivity index (χ4n) is 1.74. The molecule has 78 valence electrons. The van der Waals surface area contributed by atoms with Gasteiger partial charge in [-0.3, -0.25) is 4.98 Å². The molecule has 1 heterocycles. The normalized spacial score (nSPS) is 12.9. The second kappa shape index (κ2) is 3.87. The minimum Gasteiger partial charge on any atom is -0.507 e. The Bertz CT molecular complexity index is 482. The van der Waals surface area contributed by atoms with Crippen LogP contribution < -0.4 is 5.73 Å². The van der Waals surface area contributed by atoms with Gasteiger partial charge in [0, 0.05) is 29.2 Å². The number of nitrogens with two attached hydrogens (primary N) is 1. The number of hydrogen-bond donors (Lipinski definition) is 2. The zero-order valence-corrected chi connectivity index (χ0v) is 8.64. The predicted octanol–water partition coefficient (Wildman–Crippen LogP) is 2.35. The molecule has 0 aliphatic heterocycles. The Morgan fingerprint density at radius 2 is 2.13 bits per heavy atom. The van der Waals surface area contributed by atoms with Crippen molar-refractivity contribution < 1.29 is 5.11 Å². The Hall–Kier alpha value is -1.61. The molecule has 0 bridgehead atoms. The highest BCUT2D eigenvalue weighted by molar-refractivity contribution is 5.90. The fraction of sp³-hybridized carbons (Fsp3) is 0.250. The minimum atomic E-state index is -0.00250. The highest BCUT2D eigenvalue weighted by Crippen LogP contribution is 2.30. The molecule has 15 heavy (non-hydrogen) atoms. The van der Waals surface area contributed by atoms with Gasteiger partial charge in [0.1, 0.15) is 5.75 Å². The maximum absolute atomic E-state index is 9.68. The van der Waals surface area contributed by atoms with Crippen molar-refractivity contribution in [3.05, 3.63) is 36.2 Å². The molecule has 1 aromatic carbocycles. The van der Waals surface area contributed by atoms with E-state index >= 15 is 0 Å². The first-order chi connectivity index (χ1) is 7.24. The van der Waals surface area contributed by atoms with Crippen molar-refractivity contribution in [1.29, 1.82) is 0 Å². The van der Waals surface area contributed by atoms with Crippen LogP contribution in [0.2, 0.25) is 0 Å². The summed E-state index contributed by atoms with van der Waals surface area (Å²) in [6.45, 7) is 2.04. The van der Waals surface area contributed by atoms with Crippen molar-refractivity contribution in [2.45, 2.75) is 19.4 Å². The standard InChI is InChI=1S/C12H14N2O/c1-2-11(13)8-3-4-12(15)9-5-6-14-7-10(8)9/h3-7,11,15H,2,13H2,1H3. The van der Waals surface area contributed by atoms with Crippen LogP contribution in [0.4, 0.5) is 0 Å². The largest absolute Gasteiger partial charge is 0.507 e. The third-order valence-corrected chi connectivity index (χ3v) is 2.67. The first kappa shape index (κ1) is 9.93. The molecular formula is C12H14N2O. The van der Waals surface area contributed by atoms with Crippen molar-refractivity contribution in [3.8, 4) is 5.75 Å². The van der Waals surface area contributed by atoms with E-state index in [0.29, 0.717) is 0 Å². The lowest BCUT2D eigenvalue weighted by Gasteiger charge is -2.12. The van der Waals surface area contributed by atoms with Crippen LogP contribution in [0.1, 0.15) is 24.9 Å². The van der Waals surface area contributed by atoms with Gasteiger partial charge in [-0.1, -0.05) is 13.0 Å². The maximum atomic E-state index is 9.68. The number of aromatic hydroxyl groups is 1. The third kappa shape index (κ3) is 1.66. The highest BCUT2D eigenvalue weighted by Gasteiger charge is 2.09. The summed E-state index contributed by atoms with van der Waals surface area (Å²) in [5.41, 5.74) is 7.04. The Balaban J connectivity index is 2.71. The summed E-state index contributed by atoms with van der Waals surface area (Å²) in [5, 5.41) is 11.4. The molecule has 3 nitrogen and oxygen atoms in total. The molecule has 1 aromatic heterocycles. The SMILES string of the molecule is CCC(N)c1ccc(O)c2ccncc12. The van der Waals surface area contributed by atoms with Crippen molar-refractivity contribution in [3.63, 3.8) is 0 Å². The first-order valence-corrected chi connectivity index (χ1v) is 5.05. The number of fused-ring (bicyclic) bond motifs is 1. The Labute approximate surface area is 88.6 Å². The summed E-state index contributed by atoms with van der Waals surface area (Å²) in [6.07, 6.45) is 4.29. The second-order valence-corrected chi connectivity index (χ2v) is 3.61. The van der Waals surface area contributed by atoms with E-state index in [9.17, 15) is 5.11 Å². The molecule has 2 rings (SSSR count). The lowest BCUT2D eigenvalue weighted by molar-refractivity contribution is 0.481. The summed E-state index contributed by atoms with van der Waals surface area (Å²) in [4.78, 5) is 4.06. The Morgan fingerprint density at radius 1 is 1.33 bits per heavy atom. The van der Waals surface area contributed by atoms with E-state index in [-0.39, 0.29) is 11.8 Å². The van der Waals surface area contributed by atoms with E-state index < -0.39 is 0 Å². The predicted molar refractivity (Wildman–Crippen MR) is 60.6 cm³/mol. The molecule has 0 saturated carbocycles. The van der Waals surface area contributed by atoms with Gasteiger partial charge in [-0.05, 0) is 24.1 Å². The van der Waals surface area contributed by atoms with E-state index in [1.807, 2.05) is 13.0 Å². The molecule has 1 atom stereocenters. The monoisotopic (exact) mass is 202 g/mol. The van der Waals surface area contributed by atoms with Crippen LogP contribution in [0.25, 0.3) is 10.8 Å². The van der Waals surface area contributed by atoms with Crippen molar-refractivity contribution >= 4 is 10.8 Å². The number of nitrogens with zero attached hydrogens (tertiary/aromatic N) is 1. The molecule has 0 fully saturated rings. The van der Waals surface area contributed by atoms with E-state index in [1.54, 1.807) is 24.5 Å².